The van der Waals surface area contributed by atoms with Gasteiger partial charge in [-0.25, -0.2) is 4.79 Å². The van der Waals surface area contributed by atoms with E-state index in [1.54, 1.807) is 27.2 Å². The summed E-state index contributed by atoms with van der Waals surface area (Å²) in [6.45, 7) is 5.49. The molecule has 0 spiro atoms. The lowest BCUT2D eigenvalue weighted by molar-refractivity contribution is -0.167. The van der Waals surface area contributed by atoms with Gasteiger partial charge in [0.25, 0.3) is 0 Å². The molecule has 2 rings (SSSR count). The van der Waals surface area contributed by atoms with Gasteiger partial charge in [-0.3, -0.25) is 9.67 Å². The highest BCUT2D eigenvalue weighted by atomic mass is 35.5. The molecule has 0 bridgehead atoms. The number of carbonyl (C=O) groups excluding carboxylic acids is 1. The fourth-order valence-corrected chi connectivity index (χ4v) is 3.26. The van der Waals surface area contributed by atoms with Gasteiger partial charge in [-0.1, -0.05) is 56.6 Å². The highest BCUT2D eigenvalue weighted by molar-refractivity contribution is 6.33. The summed E-state index contributed by atoms with van der Waals surface area (Å²) < 4.78 is 52.6. The van der Waals surface area contributed by atoms with Crippen LogP contribution in [0.1, 0.15) is 43.3 Å². The number of allylic oxidation sites excluding steroid dienone is 1. The Labute approximate surface area is 201 Å². The molecule has 0 aliphatic heterocycles. The van der Waals surface area contributed by atoms with Gasteiger partial charge in [0.2, 0.25) is 6.79 Å². The number of ether oxygens (including phenoxy) is 3. The van der Waals surface area contributed by atoms with Gasteiger partial charge in [0, 0.05) is 25.9 Å². The molecule has 0 saturated heterocycles. The van der Waals surface area contributed by atoms with Crippen LogP contribution in [0.2, 0.25) is 5.02 Å². The Morgan fingerprint density at radius 3 is 2.24 bits per heavy atom. The zero-order valence-electron chi connectivity index (χ0n) is 19.8. The van der Waals surface area contributed by atoms with E-state index in [4.69, 9.17) is 16.3 Å². The van der Waals surface area contributed by atoms with Gasteiger partial charge < -0.3 is 14.2 Å². The summed E-state index contributed by atoms with van der Waals surface area (Å²) in [5, 5.41) is 4.58. The van der Waals surface area contributed by atoms with E-state index >= 15 is 0 Å². The Hall–Kier alpha value is -3.01. The minimum Gasteiger partial charge on any atom is -0.454 e. The lowest BCUT2D eigenvalue weighted by atomic mass is 9.86. The van der Waals surface area contributed by atoms with Crippen molar-refractivity contribution < 1.29 is 32.2 Å². The third kappa shape index (κ3) is 7.24. The van der Waals surface area contributed by atoms with Crippen LogP contribution in [0.15, 0.2) is 29.3 Å². The largest absolute Gasteiger partial charge is 0.511 e. The molecule has 1 aromatic heterocycles. The Balaban J connectivity index is 2.46. The van der Waals surface area contributed by atoms with Crippen molar-refractivity contribution in [1.29, 1.82) is 0 Å². The number of hydrogen-bond donors (Lipinski definition) is 0. The summed E-state index contributed by atoms with van der Waals surface area (Å²) in [5.41, 5.74) is 3.18. The monoisotopic (exact) mass is 501 g/mol. The molecular weight excluding hydrogens is 475 g/mol. The summed E-state index contributed by atoms with van der Waals surface area (Å²) in [5.74, 6) is 0.172. The zero-order valence-corrected chi connectivity index (χ0v) is 20.5. The quantitative estimate of drug-likeness (QED) is 0.203. The van der Waals surface area contributed by atoms with Crippen molar-refractivity contribution in [3.8, 4) is 0 Å². The fourth-order valence-electron chi connectivity index (χ4n) is 3.01. The molecule has 0 radical (unpaired) electrons. The van der Waals surface area contributed by atoms with Crippen LogP contribution in [0.4, 0.5) is 18.0 Å². The lowest BCUT2D eigenvalue weighted by Crippen LogP contribution is -2.21. The predicted molar refractivity (Wildman–Crippen MR) is 124 cm³/mol. The first-order valence-corrected chi connectivity index (χ1v) is 10.6. The Bertz CT molecular complexity index is 1070. The van der Waals surface area contributed by atoms with E-state index in [1.807, 2.05) is 24.3 Å². The van der Waals surface area contributed by atoms with Gasteiger partial charge in [-0.2, -0.15) is 18.3 Å². The maximum atomic E-state index is 12.2. The second kappa shape index (κ2) is 10.9. The van der Waals surface area contributed by atoms with E-state index < -0.39 is 25.7 Å². The highest BCUT2D eigenvalue weighted by Crippen LogP contribution is 2.33. The molecule has 186 valence electrons. The van der Waals surface area contributed by atoms with Crippen LogP contribution < -0.4 is 0 Å². The van der Waals surface area contributed by atoms with E-state index in [0.29, 0.717) is 22.0 Å². The third-order valence-electron chi connectivity index (χ3n) is 4.66. The van der Waals surface area contributed by atoms with Crippen molar-refractivity contribution in [3.63, 3.8) is 0 Å². The highest BCUT2D eigenvalue weighted by Gasteiger charge is 2.30. The van der Waals surface area contributed by atoms with E-state index in [1.165, 1.54) is 4.68 Å². The molecule has 7 nitrogen and oxygen atoms in total. The minimum atomic E-state index is -4.67. The molecule has 0 aliphatic carbocycles. The smallest absolute Gasteiger partial charge is 0.454 e. The molecule has 0 atom stereocenters. The number of rotatable bonds is 7. The molecule has 0 saturated carbocycles. The van der Waals surface area contributed by atoms with Gasteiger partial charge in [-0.05, 0) is 23.5 Å². The van der Waals surface area contributed by atoms with E-state index in [9.17, 15) is 18.0 Å². The molecule has 1 heterocycles. The number of aromatic nitrogens is 2. The first kappa shape index (κ1) is 27.2. The maximum absolute atomic E-state index is 12.2. The van der Waals surface area contributed by atoms with Crippen LogP contribution in [-0.2, 0) is 26.7 Å². The van der Waals surface area contributed by atoms with Crippen molar-refractivity contribution in [1.82, 2.24) is 9.78 Å². The van der Waals surface area contributed by atoms with Crippen molar-refractivity contribution in [2.75, 3.05) is 20.4 Å². The number of aryl methyl sites for hydroxylation is 2. The number of hydrogen-bond acceptors (Lipinski definition) is 6. The first-order chi connectivity index (χ1) is 15.7. The van der Waals surface area contributed by atoms with Crippen LogP contribution in [0, 0.1) is 6.92 Å². The summed E-state index contributed by atoms with van der Waals surface area (Å²) in [6.07, 6.45) is -4.65. The van der Waals surface area contributed by atoms with Gasteiger partial charge in [0.05, 0.1) is 10.7 Å². The van der Waals surface area contributed by atoms with Crippen LogP contribution in [0.3, 0.4) is 0 Å². The van der Waals surface area contributed by atoms with Crippen molar-refractivity contribution in [2.45, 2.75) is 39.3 Å². The molecule has 0 unspecified atom stereocenters. The van der Waals surface area contributed by atoms with Crippen LogP contribution in [0.25, 0.3) is 11.3 Å². The van der Waals surface area contributed by atoms with Gasteiger partial charge in [0.1, 0.15) is 5.69 Å². The standard InChI is InChI=1S/C23H27ClF3N3O4/c1-14-18(24)19(30(6)29-14)20(33-13-34-21(31)32-12-23(25,26)27)17(11-28-5)15-7-9-16(10-8-15)22(2,3)4/h7-11H,12-13H2,1-6H3/b20-17-,28-11-. The maximum Gasteiger partial charge on any atom is 0.511 e. The second-order valence-corrected chi connectivity index (χ2v) is 8.77. The van der Waals surface area contributed by atoms with Crippen LogP contribution in [-0.4, -0.2) is 48.8 Å². The van der Waals surface area contributed by atoms with E-state index in [2.05, 4.69) is 40.3 Å². The Morgan fingerprint density at radius 2 is 1.76 bits per heavy atom. The van der Waals surface area contributed by atoms with Crippen LogP contribution >= 0.6 is 11.6 Å². The van der Waals surface area contributed by atoms with Crippen LogP contribution in [0.5, 0.6) is 0 Å². The van der Waals surface area contributed by atoms with E-state index in [0.717, 1.165) is 11.1 Å². The number of carbonyl (C=O) groups is 1. The summed E-state index contributed by atoms with van der Waals surface area (Å²) in [7, 11) is 3.22. The SMILES string of the molecule is C/N=C\C(=C(\OCOC(=O)OCC(F)(F)F)c1c(Cl)c(C)nn1C)c1ccc(C(C)(C)C)cc1. The molecule has 2 aromatic rings. The molecule has 0 fully saturated rings. The number of benzene rings is 1. The topological polar surface area (TPSA) is 74.9 Å². The summed E-state index contributed by atoms with van der Waals surface area (Å²) in [6, 6.07) is 7.71. The average Bonchev–Trinajstić information content (AvgIpc) is 2.99. The number of aliphatic imine (C=N–C) groups is 1. The first-order valence-electron chi connectivity index (χ1n) is 10.2. The zero-order chi connectivity index (χ0) is 25.7. The van der Waals surface area contributed by atoms with Crippen molar-refractivity contribution >= 4 is 35.3 Å². The normalized spacial score (nSPS) is 13.1. The average molecular weight is 502 g/mol. The molecule has 0 N–H and O–H groups in total. The molecule has 34 heavy (non-hydrogen) atoms. The Morgan fingerprint density at radius 1 is 1.15 bits per heavy atom. The third-order valence-corrected chi connectivity index (χ3v) is 5.12. The molecule has 11 heteroatoms. The predicted octanol–water partition coefficient (Wildman–Crippen LogP) is 5.94. The van der Waals surface area contributed by atoms with Gasteiger partial charge in [-0.15, -0.1) is 0 Å². The molecule has 1 aromatic carbocycles. The fraction of sp³-hybridized carbons (Fsp3) is 0.435. The number of alkyl halides is 3. The van der Waals surface area contributed by atoms with E-state index in [-0.39, 0.29) is 11.2 Å². The van der Waals surface area contributed by atoms with Crippen molar-refractivity contribution in [3.05, 3.63) is 51.8 Å². The number of halogens is 4. The summed E-state index contributed by atoms with van der Waals surface area (Å²) >= 11 is 6.47. The number of nitrogens with zero attached hydrogens (tertiary/aromatic N) is 3. The van der Waals surface area contributed by atoms with Gasteiger partial charge in [0.15, 0.2) is 12.4 Å². The van der Waals surface area contributed by atoms with Crippen molar-refractivity contribution in [2.24, 2.45) is 12.0 Å². The molecule has 0 aliphatic rings. The Kier molecular flexibility index (Phi) is 8.77. The summed E-state index contributed by atoms with van der Waals surface area (Å²) in [4.78, 5) is 15.6. The van der Waals surface area contributed by atoms with Gasteiger partial charge >= 0.3 is 12.3 Å². The second-order valence-electron chi connectivity index (χ2n) is 8.39. The lowest BCUT2D eigenvalue weighted by Gasteiger charge is -2.20. The minimum absolute atomic E-state index is 0.0618. The molecular formula is C23H27ClF3N3O4. The molecule has 0 amide bonds.